The highest BCUT2D eigenvalue weighted by molar-refractivity contribution is 5.48. The van der Waals surface area contributed by atoms with E-state index >= 15 is 0 Å². The molecule has 0 aromatic heterocycles. The second-order valence-corrected chi connectivity index (χ2v) is 5.97. The Balaban J connectivity index is 3.46. The first-order chi connectivity index (χ1) is 11.8. The topological polar surface area (TPSA) is 19.9 Å². The molecular formula is C10F17O. The molecule has 2 rings (SSSR count). The zero-order chi connectivity index (χ0) is 23.0. The SMILES string of the molecule is [O]C1(F)C(F)(F)C2(F)C(F)(F)C(F)(F)C1(C(F)(F)F)C2(C(F)(F)F)C(F)(F)F. The smallest absolute Gasteiger partial charge is 0.228 e. The van der Waals surface area contributed by atoms with Crippen LogP contribution < -0.4 is 0 Å². The van der Waals surface area contributed by atoms with Gasteiger partial charge in [0.25, 0.3) is 5.67 Å². The highest BCUT2D eigenvalue weighted by Crippen LogP contribution is 2.94. The van der Waals surface area contributed by atoms with Crippen molar-refractivity contribution < 1.29 is 79.7 Å². The van der Waals surface area contributed by atoms with Gasteiger partial charge in [-0.05, 0) is 0 Å². The van der Waals surface area contributed by atoms with Crippen molar-refractivity contribution in [3.63, 3.8) is 0 Å². The van der Waals surface area contributed by atoms with E-state index in [1.807, 2.05) is 0 Å². The van der Waals surface area contributed by atoms with E-state index in [4.69, 9.17) is 0 Å². The molecule has 18 heteroatoms. The van der Waals surface area contributed by atoms with Crippen LogP contribution in [-0.4, -0.2) is 47.8 Å². The van der Waals surface area contributed by atoms with Crippen molar-refractivity contribution in [2.75, 3.05) is 0 Å². The highest BCUT2D eigenvalue weighted by atomic mass is 19.4. The molecule has 0 aromatic rings. The Labute approximate surface area is 140 Å². The van der Waals surface area contributed by atoms with E-state index in [2.05, 4.69) is 0 Å². The van der Waals surface area contributed by atoms with Crippen LogP contribution in [0.1, 0.15) is 0 Å². The van der Waals surface area contributed by atoms with Crippen molar-refractivity contribution in [3.8, 4) is 0 Å². The molecule has 0 amide bonds. The minimum Gasteiger partial charge on any atom is -0.228 e. The van der Waals surface area contributed by atoms with E-state index < -0.39 is 58.7 Å². The van der Waals surface area contributed by atoms with Crippen molar-refractivity contribution in [2.24, 2.45) is 10.8 Å². The Morgan fingerprint density at radius 3 is 1.00 bits per heavy atom. The summed E-state index contributed by atoms with van der Waals surface area (Å²) in [5.74, 6) is -32.5. The Morgan fingerprint density at radius 1 is 0.464 bits per heavy atom. The van der Waals surface area contributed by atoms with Crippen LogP contribution >= 0.6 is 0 Å². The quantitative estimate of drug-likeness (QED) is 0.434. The van der Waals surface area contributed by atoms with Gasteiger partial charge in [-0.3, -0.25) is 0 Å². The van der Waals surface area contributed by atoms with E-state index in [0.717, 1.165) is 0 Å². The molecule has 0 saturated heterocycles. The molecule has 0 spiro atoms. The molecule has 2 saturated carbocycles. The normalized spacial score (nSPS) is 41.4. The molecule has 0 aromatic carbocycles. The molecular weight excluding hydrogens is 459 g/mol. The molecule has 1 radical (unpaired) electrons. The Bertz CT molecular complexity index is 629. The summed E-state index contributed by atoms with van der Waals surface area (Å²) in [4.78, 5) is 0. The van der Waals surface area contributed by atoms with Gasteiger partial charge >= 0.3 is 42.2 Å². The molecule has 28 heavy (non-hydrogen) atoms. The number of alkyl halides is 17. The fourth-order valence-corrected chi connectivity index (χ4v) is 4.06. The van der Waals surface area contributed by atoms with Crippen molar-refractivity contribution in [3.05, 3.63) is 0 Å². The van der Waals surface area contributed by atoms with Gasteiger partial charge in [-0.2, -0.15) is 71.0 Å². The van der Waals surface area contributed by atoms with Gasteiger partial charge in [0.1, 0.15) is 0 Å². The van der Waals surface area contributed by atoms with Crippen LogP contribution in [0.2, 0.25) is 0 Å². The predicted molar refractivity (Wildman–Crippen MR) is 46.2 cm³/mol. The molecule has 3 unspecified atom stereocenters. The van der Waals surface area contributed by atoms with Gasteiger partial charge in [-0.25, -0.2) is 8.78 Å². The maximum absolute atomic E-state index is 14.4. The summed E-state index contributed by atoms with van der Waals surface area (Å²) in [5, 5.41) is 11.1. The Hall–Kier alpha value is -1.23. The molecule has 0 heterocycles. The summed E-state index contributed by atoms with van der Waals surface area (Å²) >= 11 is 0. The van der Waals surface area contributed by atoms with Crippen LogP contribution in [-0.2, 0) is 5.11 Å². The molecule has 0 aliphatic heterocycles. The molecule has 3 atom stereocenters. The second-order valence-electron chi connectivity index (χ2n) is 5.97. The van der Waals surface area contributed by atoms with Gasteiger partial charge < -0.3 is 0 Å². The maximum Gasteiger partial charge on any atom is 0.408 e. The van der Waals surface area contributed by atoms with E-state index in [1.54, 1.807) is 0 Å². The molecule has 165 valence electrons. The molecule has 0 N–H and O–H groups in total. The average molecular weight is 459 g/mol. The van der Waals surface area contributed by atoms with E-state index in [0.29, 0.717) is 0 Å². The van der Waals surface area contributed by atoms with Crippen LogP contribution in [0, 0.1) is 10.8 Å². The monoisotopic (exact) mass is 459 g/mol. The largest absolute Gasteiger partial charge is 0.408 e. The number of hydrogen-bond donors (Lipinski definition) is 0. The van der Waals surface area contributed by atoms with Gasteiger partial charge in [-0.15, -0.1) is 0 Å². The van der Waals surface area contributed by atoms with Gasteiger partial charge in [0, 0.05) is 0 Å². The van der Waals surface area contributed by atoms with Crippen molar-refractivity contribution in [2.45, 2.75) is 47.8 Å². The number of halogens is 17. The van der Waals surface area contributed by atoms with Gasteiger partial charge in [0.15, 0.2) is 0 Å². The molecule has 2 fully saturated rings. The van der Waals surface area contributed by atoms with Crippen LogP contribution in [0.25, 0.3) is 0 Å². The standard InChI is InChI=1S/C10F17O/c11-3-1(8(19,20)21,9(22,23)24)2(10(25,26)27,4(12,13)5(3,14)15)7(18,28)6(3,16)17. The lowest BCUT2D eigenvalue weighted by molar-refractivity contribution is -0.491. The van der Waals surface area contributed by atoms with Crippen LogP contribution in [0.3, 0.4) is 0 Å². The third-order valence-corrected chi connectivity index (χ3v) is 4.97. The molecule has 2 bridgehead atoms. The lowest BCUT2D eigenvalue weighted by atomic mass is 9.61. The van der Waals surface area contributed by atoms with Gasteiger partial charge in [-0.1, -0.05) is 0 Å². The Morgan fingerprint density at radius 2 is 0.786 bits per heavy atom. The first-order valence-electron chi connectivity index (χ1n) is 6.17. The van der Waals surface area contributed by atoms with E-state index in [-0.39, 0.29) is 0 Å². The van der Waals surface area contributed by atoms with E-state index in [1.165, 1.54) is 0 Å². The zero-order valence-electron chi connectivity index (χ0n) is 11.8. The third kappa shape index (κ3) is 1.46. The summed E-state index contributed by atoms with van der Waals surface area (Å²) in [5.41, 5.74) is -25.5. The van der Waals surface area contributed by atoms with Crippen LogP contribution in [0.5, 0.6) is 0 Å². The number of fused-ring (bicyclic) bond motifs is 2. The van der Waals surface area contributed by atoms with Gasteiger partial charge in [0.2, 0.25) is 10.8 Å². The third-order valence-electron chi connectivity index (χ3n) is 4.97. The highest BCUT2D eigenvalue weighted by Gasteiger charge is 3.24. The van der Waals surface area contributed by atoms with E-state index in [9.17, 15) is 79.7 Å². The van der Waals surface area contributed by atoms with Crippen molar-refractivity contribution in [1.82, 2.24) is 0 Å². The van der Waals surface area contributed by atoms with Crippen LogP contribution in [0.15, 0.2) is 0 Å². The minimum absolute atomic E-state index is 8.07. The lowest BCUT2D eigenvalue weighted by Gasteiger charge is -2.48. The number of hydrogen-bond acceptors (Lipinski definition) is 0. The molecule has 2 aliphatic carbocycles. The number of rotatable bonds is 0. The minimum atomic E-state index is -8.58. The van der Waals surface area contributed by atoms with Crippen molar-refractivity contribution in [1.29, 1.82) is 0 Å². The Kier molecular flexibility index (Phi) is 3.77. The first kappa shape index (κ1) is 23.1. The fraction of sp³-hybridized carbons (Fsp3) is 1.00. The summed E-state index contributed by atoms with van der Waals surface area (Å²) < 4.78 is 228. The summed E-state index contributed by atoms with van der Waals surface area (Å²) in [6.45, 7) is 0. The lowest BCUT2D eigenvalue weighted by Crippen LogP contribution is -2.76. The summed E-state index contributed by atoms with van der Waals surface area (Å²) in [6, 6.07) is 0. The summed E-state index contributed by atoms with van der Waals surface area (Å²) in [6.07, 6.45) is -25.3. The molecule has 2 aliphatic rings. The van der Waals surface area contributed by atoms with Crippen molar-refractivity contribution >= 4 is 0 Å². The van der Waals surface area contributed by atoms with Crippen LogP contribution in [0.4, 0.5) is 74.6 Å². The maximum atomic E-state index is 14.4. The second kappa shape index (κ2) is 4.58. The average Bonchev–Trinajstić information content (AvgIpc) is 2.55. The molecule has 1 nitrogen and oxygen atoms in total. The predicted octanol–water partition coefficient (Wildman–Crippen LogP) is 5.38. The zero-order valence-corrected chi connectivity index (χ0v) is 11.8. The first-order valence-corrected chi connectivity index (χ1v) is 6.17. The fourth-order valence-electron chi connectivity index (χ4n) is 4.06. The summed E-state index contributed by atoms with van der Waals surface area (Å²) in [7, 11) is 0. The van der Waals surface area contributed by atoms with Gasteiger partial charge in [0.05, 0.1) is 0 Å².